The highest BCUT2D eigenvalue weighted by Gasteiger charge is 2.41. The molecule has 0 bridgehead atoms. The maximum atomic E-state index is 13.5. The Morgan fingerprint density at radius 3 is 2.30 bits per heavy atom. The number of nitrogens with one attached hydrogen (secondary N) is 3. The molecule has 0 radical (unpaired) electrons. The number of rotatable bonds is 10. The van der Waals surface area contributed by atoms with E-state index in [1.165, 1.54) is 4.90 Å². The topological polar surface area (TPSA) is 115 Å². The second-order valence-electron chi connectivity index (χ2n) is 10.3. The molecular formula is C25H38N4O4. The summed E-state index contributed by atoms with van der Waals surface area (Å²) in [4.78, 5) is 42.3. The molecule has 8 heteroatoms. The summed E-state index contributed by atoms with van der Waals surface area (Å²) in [6.07, 6.45) is 2.28. The quantitative estimate of drug-likeness (QED) is 0.437. The molecule has 33 heavy (non-hydrogen) atoms. The summed E-state index contributed by atoms with van der Waals surface area (Å²) in [6, 6.07) is 6.61. The first-order chi connectivity index (χ1) is 15.3. The Balaban J connectivity index is 2.26. The highest BCUT2D eigenvalue weighted by molar-refractivity contribution is 5.92. The van der Waals surface area contributed by atoms with Gasteiger partial charge in [-0.25, -0.2) is 0 Å². The normalized spacial score (nSPS) is 14.0. The van der Waals surface area contributed by atoms with Gasteiger partial charge in [0.2, 0.25) is 11.8 Å². The molecule has 8 nitrogen and oxygen atoms in total. The van der Waals surface area contributed by atoms with Crippen molar-refractivity contribution in [3.63, 3.8) is 0 Å². The van der Waals surface area contributed by atoms with Crippen LogP contribution in [0.15, 0.2) is 30.5 Å². The first kappa shape index (κ1) is 26.4. The van der Waals surface area contributed by atoms with Crippen LogP contribution in [0.25, 0.3) is 10.9 Å². The number of fused-ring (bicyclic) bond motifs is 1. The first-order valence-electron chi connectivity index (χ1n) is 11.3. The van der Waals surface area contributed by atoms with Crippen molar-refractivity contribution >= 4 is 28.7 Å². The second-order valence-corrected chi connectivity index (χ2v) is 10.3. The summed E-state index contributed by atoms with van der Waals surface area (Å²) in [5.41, 5.74) is 0.910. The minimum Gasteiger partial charge on any atom is -0.481 e. The largest absolute Gasteiger partial charge is 0.481 e. The van der Waals surface area contributed by atoms with E-state index in [0.29, 0.717) is 13.0 Å². The zero-order valence-corrected chi connectivity index (χ0v) is 20.8. The number of aromatic nitrogens is 1. The van der Waals surface area contributed by atoms with Crippen molar-refractivity contribution in [3.05, 3.63) is 36.0 Å². The van der Waals surface area contributed by atoms with Crippen LogP contribution in [0.3, 0.4) is 0 Å². The van der Waals surface area contributed by atoms with Gasteiger partial charge >= 0.3 is 5.97 Å². The van der Waals surface area contributed by atoms with Gasteiger partial charge in [0.05, 0.1) is 6.04 Å². The number of carbonyl (C=O) groups is 3. The number of hydrogen-bond donors (Lipinski definition) is 4. The highest BCUT2D eigenvalue weighted by atomic mass is 16.4. The summed E-state index contributed by atoms with van der Waals surface area (Å²) < 4.78 is 0. The van der Waals surface area contributed by atoms with E-state index in [4.69, 9.17) is 5.11 Å². The van der Waals surface area contributed by atoms with E-state index in [1.54, 1.807) is 14.1 Å². The molecule has 0 saturated heterocycles. The van der Waals surface area contributed by atoms with E-state index in [0.717, 1.165) is 16.5 Å². The molecule has 1 aromatic carbocycles. The molecule has 4 N–H and O–H groups in total. The summed E-state index contributed by atoms with van der Waals surface area (Å²) in [5, 5.41) is 16.1. The molecule has 0 unspecified atom stereocenters. The predicted octanol–water partition coefficient (Wildman–Crippen LogP) is 2.89. The van der Waals surface area contributed by atoms with Gasteiger partial charge in [0.1, 0.15) is 6.04 Å². The van der Waals surface area contributed by atoms with Gasteiger partial charge in [-0.15, -0.1) is 0 Å². The van der Waals surface area contributed by atoms with E-state index in [-0.39, 0.29) is 18.2 Å². The minimum absolute atomic E-state index is 0.00912. The average molecular weight is 459 g/mol. The third-order valence-corrected chi connectivity index (χ3v) is 6.22. The van der Waals surface area contributed by atoms with Crippen LogP contribution in [0, 0.1) is 5.41 Å². The Bertz CT molecular complexity index is 990. The van der Waals surface area contributed by atoms with E-state index in [1.807, 2.05) is 65.1 Å². The zero-order chi connectivity index (χ0) is 25.0. The molecule has 1 aromatic heterocycles. The lowest BCUT2D eigenvalue weighted by atomic mass is 9.76. The standard InChI is InChI=1S/C25H38N4O4/c1-24(2,3)21(23(33)29(7)14-10-13-19(30)31)28-22(32)20(26-6)25(4,5)17-15-27-18-12-9-8-11-16(17)18/h8-9,11-12,15,20-21,26-27H,10,13-14H2,1-7H3,(H,28,32)(H,30,31)/t20-,21-/m1/s1. The maximum Gasteiger partial charge on any atom is 0.303 e. The van der Waals surface area contributed by atoms with Crippen molar-refractivity contribution < 1.29 is 19.5 Å². The molecule has 0 aliphatic heterocycles. The number of carboxylic acids is 1. The molecule has 0 fully saturated rings. The Hall–Kier alpha value is -2.87. The molecule has 1 heterocycles. The average Bonchev–Trinajstić information content (AvgIpc) is 3.15. The van der Waals surface area contributed by atoms with Gasteiger partial charge in [-0.1, -0.05) is 52.8 Å². The van der Waals surface area contributed by atoms with Crippen LogP contribution in [0.4, 0.5) is 0 Å². The number of aromatic amines is 1. The molecule has 182 valence electrons. The van der Waals surface area contributed by atoms with Crippen LogP contribution in [-0.4, -0.2) is 65.5 Å². The lowest BCUT2D eigenvalue weighted by molar-refractivity contribution is -0.140. The van der Waals surface area contributed by atoms with Crippen LogP contribution < -0.4 is 10.6 Å². The van der Waals surface area contributed by atoms with Gasteiger partial charge in [-0.05, 0) is 30.5 Å². The first-order valence-corrected chi connectivity index (χ1v) is 11.3. The number of carbonyl (C=O) groups excluding carboxylic acids is 2. The van der Waals surface area contributed by atoms with Crippen LogP contribution in [0.1, 0.15) is 53.0 Å². The fourth-order valence-electron chi connectivity index (χ4n) is 4.25. The van der Waals surface area contributed by atoms with Crippen LogP contribution in [0.5, 0.6) is 0 Å². The number of likely N-dealkylation sites (N-methyl/N-ethyl adjacent to an activating group) is 2. The van der Waals surface area contributed by atoms with Gasteiger partial charge in [-0.3, -0.25) is 14.4 Å². The number of aliphatic carboxylic acids is 1. The van der Waals surface area contributed by atoms with Gasteiger partial charge in [0.15, 0.2) is 0 Å². The van der Waals surface area contributed by atoms with Crippen LogP contribution in [-0.2, 0) is 19.8 Å². The van der Waals surface area contributed by atoms with Gasteiger partial charge < -0.3 is 25.6 Å². The molecule has 0 spiro atoms. The van der Waals surface area contributed by atoms with Crippen molar-refractivity contribution in [1.82, 2.24) is 20.5 Å². The SMILES string of the molecule is CN[C@H](C(=O)N[C@H](C(=O)N(C)CCCC(=O)O)C(C)(C)C)C(C)(C)c1c[nH]c2ccccc12. The lowest BCUT2D eigenvalue weighted by Gasteiger charge is -2.38. The van der Waals surface area contributed by atoms with Gasteiger partial charge in [-0.2, -0.15) is 0 Å². The van der Waals surface area contributed by atoms with Crippen LogP contribution in [0.2, 0.25) is 0 Å². The fraction of sp³-hybridized carbons (Fsp3) is 0.560. The number of H-pyrrole nitrogens is 1. The second kappa shape index (κ2) is 10.4. The lowest BCUT2D eigenvalue weighted by Crippen LogP contribution is -2.60. The Morgan fingerprint density at radius 2 is 1.73 bits per heavy atom. The van der Waals surface area contributed by atoms with E-state index in [9.17, 15) is 14.4 Å². The van der Waals surface area contributed by atoms with Gasteiger partial charge in [0.25, 0.3) is 0 Å². The minimum atomic E-state index is -0.895. The van der Waals surface area contributed by atoms with Crippen molar-refractivity contribution in [2.75, 3.05) is 20.6 Å². The zero-order valence-electron chi connectivity index (χ0n) is 20.8. The highest BCUT2D eigenvalue weighted by Crippen LogP contribution is 2.33. The van der Waals surface area contributed by atoms with E-state index in [2.05, 4.69) is 15.6 Å². The Labute approximate surface area is 196 Å². The summed E-state index contributed by atoms with van der Waals surface area (Å²) >= 11 is 0. The van der Waals surface area contributed by atoms with Crippen LogP contribution >= 0.6 is 0 Å². The summed E-state index contributed by atoms with van der Waals surface area (Å²) in [5.74, 6) is -1.39. The number of carboxylic acid groups (broad SMARTS) is 1. The third-order valence-electron chi connectivity index (χ3n) is 6.22. The molecule has 2 rings (SSSR count). The smallest absolute Gasteiger partial charge is 0.303 e. The monoisotopic (exact) mass is 458 g/mol. The van der Waals surface area contributed by atoms with Crippen molar-refractivity contribution in [1.29, 1.82) is 0 Å². The Kier molecular flexibility index (Phi) is 8.30. The van der Waals surface area contributed by atoms with Crippen molar-refractivity contribution in [2.45, 2.75) is 65.0 Å². The molecule has 0 saturated carbocycles. The number of hydrogen-bond acceptors (Lipinski definition) is 4. The summed E-state index contributed by atoms with van der Waals surface area (Å²) in [7, 11) is 3.38. The maximum absolute atomic E-state index is 13.5. The summed E-state index contributed by atoms with van der Waals surface area (Å²) in [6.45, 7) is 10.0. The molecule has 0 aliphatic carbocycles. The molecule has 2 aromatic rings. The van der Waals surface area contributed by atoms with E-state index < -0.39 is 28.9 Å². The number of nitrogens with zero attached hydrogens (tertiary/aromatic N) is 1. The number of amides is 2. The number of benzene rings is 1. The molecule has 2 amide bonds. The molecule has 2 atom stereocenters. The predicted molar refractivity (Wildman–Crippen MR) is 130 cm³/mol. The number of para-hydroxylation sites is 1. The third kappa shape index (κ3) is 6.13. The fourth-order valence-corrected chi connectivity index (χ4v) is 4.25. The van der Waals surface area contributed by atoms with E-state index >= 15 is 0 Å². The van der Waals surface area contributed by atoms with Crippen molar-refractivity contribution in [2.24, 2.45) is 5.41 Å². The van der Waals surface area contributed by atoms with Gasteiger partial charge in [0, 0.05) is 42.5 Å². The Morgan fingerprint density at radius 1 is 1.09 bits per heavy atom. The molecular weight excluding hydrogens is 420 g/mol. The van der Waals surface area contributed by atoms with Crippen molar-refractivity contribution in [3.8, 4) is 0 Å². The molecule has 0 aliphatic rings.